The van der Waals surface area contributed by atoms with E-state index >= 15 is 0 Å². The molecule has 2 aromatic carbocycles. The van der Waals surface area contributed by atoms with Gasteiger partial charge in [-0.2, -0.15) is 13.2 Å². The molecule has 44 heavy (non-hydrogen) atoms. The third-order valence-electron chi connectivity index (χ3n) is 7.63. The summed E-state index contributed by atoms with van der Waals surface area (Å²) in [6.45, 7) is 7.46. The minimum absolute atomic E-state index is 0.0683. The quantitative estimate of drug-likeness (QED) is 0.354. The standard InChI is InChI=1S/C30H37F3N4O6S/c1-18-14-37(19(2)17-38)28(39)13-23-12-25(35-44(40,41)29-20(3)34-43-21(29)4)10-11-26(23)42-27(18)16-36(5)15-22-6-8-24(9-7-22)30(31,32)33/h6-12,18-19,27,35,38H,13-17H2,1-5H3/t18-,19+,27-/m1/s1. The highest BCUT2D eigenvalue weighted by Crippen LogP contribution is 2.32. The number of aryl methyl sites for hydroxylation is 2. The lowest BCUT2D eigenvalue weighted by Crippen LogP contribution is -2.47. The number of aromatic nitrogens is 1. The Morgan fingerprint density at radius 1 is 1.18 bits per heavy atom. The number of nitrogens with one attached hydrogen (secondary N) is 1. The third-order valence-corrected chi connectivity index (χ3v) is 9.26. The predicted octanol–water partition coefficient (Wildman–Crippen LogP) is 4.39. The fourth-order valence-corrected chi connectivity index (χ4v) is 6.64. The summed E-state index contributed by atoms with van der Waals surface area (Å²) < 4.78 is 79.2. The Hall–Kier alpha value is -3.62. The molecule has 240 valence electrons. The van der Waals surface area contributed by atoms with Crippen LogP contribution in [0.5, 0.6) is 5.75 Å². The number of aliphatic hydroxyl groups excluding tert-OH is 1. The first-order valence-electron chi connectivity index (χ1n) is 14.1. The highest BCUT2D eigenvalue weighted by molar-refractivity contribution is 7.92. The van der Waals surface area contributed by atoms with Crippen LogP contribution in [0.25, 0.3) is 0 Å². The van der Waals surface area contributed by atoms with Crippen molar-refractivity contribution in [3.8, 4) is 5.75 Å². The van der Waals surface area contributed by atoms with Crippen molar-refractivity contribution in [3.63, 3.8) is 0 Å². The molecule has 0 spiro atoms. The van der Waals surface area contributed by atoms with E-state index in [4.69, 9.17) is 9.26 Å². The van der Waals surface area contributed by atoms with Crippen LogP contribution in [0.3, 0.4) is 0 Å². The third kappa shape index (κ3) is 7.71. The fourth-order valence-electron chi connectivity index (χ4n) is 5.26. The van der Waals surface area contributed by atoms with Gasteiger partial charge in [0.15, 0.2) is 10.7 Å². The summed E-state index contributed by atoms with van der Waals surface area (Å²) in [6, 6.07) is 9.20. The van der Waals surface area contributed by atoms with Crippen molar-refractivity contribution in [3.05, 3.63) is 70.6 Å². The molecular formula is C30H37F3N4O6S. The molecule has 3 aromatic rings. The number of likely N-dealkylation sites (N-methyl/N-ethyl adjacent to an activating group) is 1. The summed E-state index contributed by atoms with van der Waals surface area (Å²) in [5, 5.41) is 13.6. The van der Waals surface area contributed by atoms with Crippen molar-refractivity contribution in [1.29, 1.82) is 0 Å². The second-order valence-corrected chi connectivity index (χ2v) is 13.0. The van der Waals surface area contributed by atoms with Crippen LogP contribution >= 0.6 is 0 Å². The van der Waals surface area contributed by atoms with Gasteiger partial charge in [0.05, 0.1) is 24.6 Å². The molecule has 0 radical (unpaired) electrons. The van der Waals surface area contributed by atoms with E-state index in [1.54, 1.807) is 30.0 Å². The molecule has 0 saturated heterocycles. The number of hydrogen-bond acceptors (Lipinski definition) is 8. The van der Waals surface area contributed by atoms with E-state index in [1.807, 2.05) is 18.9 Å². The van der Waals surface area contributed by atoms with Gasteiger partial charge in [0.25, 0.3) is 10.0 Å². The van der Waals surface area contributed by atoms with Crippen LogP contribution < -0.4 is 9.46 Å². The number of benzene rings is 2. The van der Waals surface area contributed by atoms with Gasteiger partial charge >= 0.3 is 6.18 Å². The van der Waals surface area contributed by atoms with Gasteiger partial charge in [0.2, 0.25) is 5.91 Å². The second kappa shape index (κ2) is 13.2. The number of alkyl halides is 3. The van der Waals surface area contributed by atoms with E-state index in [2.05, 4.69) is 9.88 Å². The summed E-state index contributed by atoms with van der Waals surface area (Å²) in [6.07, 6.45) is -4.97. The number of hydrogen-bond donors (Lipinski definition) is 2. The molecule has 0 saturated carbocycles. The van der Waals surface area contributed by atoms with Gasteiger partial charge in [-0.25, -0.2) is 8.42 Å². The number of carbonyl (C=O) groups excluding carboxylic acids is 1. The van der Waals surface area contributed by atoms with Crippen LogP contribution in [0.15, 0.2) is 51.9 Å². The van der Waals surface area contributed by atoms with Crippen molar-refractivity contribution in [2.24, 2.45) is 5.92 Å². The van der Waals surface area contributed by atoms with E-state index in [0.717, 1.165) is 12.1 Å². The zero-order valence-electron chi connectivity index (χ0n) is 25.2. The molecule has 3 atom stereocenters. The highest BCUT2D eigenvalue weighted by atomic mass is 32.2. The number of fused-ring (bicyclic) bond motifs is 1. The van der Waals surface area contributed by atoms with Crippen LogP contribution in [-0.2, 0) is 34.0 Å². The number of halogens is 3. The SMILES string of the molecule is Cc1noc(C)c1S(=O)(=O)Nc1ccc2c(c1)CC(=O)N([C@@H](C)CO)C[C@@H](C)[C@@H](CN(C)Cc1ccc(C(F)(F)F)cc1)O2. The van der Waals surface area contributed by atoms with Crippen molar-refractivity contribution < 1.29 is 40.8 Å². The van der Waals surface area contributed by atoms with E-state index in [-0.39, 0.29) is 46.9 Å². The molecule has 4 rings (SSSR count). The average molecular weight is 639 g/mol. The summed E-state index contributed by atoms with van der Waals surface area (Å²) >= 11 is 0. The number of ether oxygens (including phenoxy) is 1. The molecule has 2 N–H and O–H groups in total. The van der Waals surface area contributed by atoms with Crippen molar-refractivity contribution in [2.45, 2.75) is 63.9 Å². The molecule has 1 amide bonds. The predicted molar refractivity (Wildman–Crippen MR) is 157 cm³/mol. The van der Waals surface area contributed by atoms with Crippen LogP contribution in [0.1, 0.15) is 42.0 Å². The van der Waals surface area contributed by atoms with Crippen molar-refractivity contribution >= 4 is 21.6 Å². The lowest BCUT2D eigenvalue weighted by molar-refractivity contribution is -0.137. The van der Waals surface area contributed by atoms with Crippen molar-refractivity contribution in [2.75, 3.05) is 31.5 Å². The van der Waals surface area contributed by atoms with E-state index in [0.29, 0.717) is 36.5 Å². The number of carbonyl (C=O) groups is 1. The fraction of sp³-hybridized carbons (Fsp3) is 0.467. The molecule has 1 aliphatic heterocycles. The van der Waals surface area contributed by atoms with Gasteiger partial charge in [-0.3, -0.25) is 14.4 Å². The van der Waals surface area contributed by atoms with Gasteiger partial charge in [-0.1, -0.05) is 24.2 Å². The topological polar surface area (TPSA) is 125 Å². The lowest BCUT2D eigenvalue weighted by atomic mass is 10.0. The molecule has 0 aliphatic carbocycles. The zero-order valence-corrected chi connectivity index (χ0v) is 26.0. The normalized spacial score (nSPS) is 18.7. The van der Waals surface area contributed by atoms with Crippen LogP contribution in [0.2, 0.25) is 0 Å². The Bertz CT molecular complexity index is 1560. The monoisotopic (exact) mass is 638 g/mol. The second-order valence-electron chi connectivity index (χ2n) is 11.4. The average Bonchev–Trinajstić information content (AvgIpc) is 3.31. The minimum Gasteiger partial charge on any atom is -0.488 e. The molecule has 0 bridgehead atoms. The summed E-state index contributed by atoms with van der Waals surface area (Å²) in [7, 11) is -2.22. The highest BCUT2D eigenvalue weighted by Gasteiger charge is 2.32. The smallest absolute Gasteiger partial charge is 0.416 e. The Morgan fingerprint density at radius 3 is 2.45 bits per heavy atom. The Labute approximate surface area is 254 Å². The first-order valence-corrected chi connectivity index (χ1v) is 15.6. The largest absolute Gasteiger partial charge is 0.488 e. The Balaban J connectivity index is 1.61. The maximum absolute atomic E-state index is 13.5. The van der Waals surface area contributed by atoms with E-state index < -0.39 is 33.9 Å². The van der Waals surface area contributed by atoms with Gasteiger partial charge in [0, 0.05) is 36.8 Å². The molecule has 2 heterocycles. The van der Waals surface area contributed by atoms with Crippen LogP contribution in [-0.4, -0.2) is 73.3 Å². The van der Waals surface area contributed by atoms with E-state index in [1.165, 1.54) is 26.0 Å². The van der Waals surface area contributed by atoms with Crippen LogP contribution in [0, 0.1) is 19.8 Å². The summed E-state index contributed by atoms with van der Waals surface area (Å²) in [5.74, 6) is 0.0819. The molecule has 0 fully saturated rings. The molecule has 0 unspecified atom stereocenters. The molecule has 1 aliphatic rings. The Morgan fingerprint density at radius 2 is 1.86 bits per heavy atom. The molecule has 1 aromatic heterocycles. The Kier molecular flexibility index (Phi) is 9.96. The first kappa shape index (κ1) is 33.3. The van der Waals surface area contributed by atoms with E-state index in [9.17, 15) is 31.5 Å². The number of anilines is 1. The number of amides is 1. The number of sulfonamides is 1. The summed E-state index contributed by atoms with van der Waals surface area (Å²) in [4.78, 5) is 16.9. The molecule has 10 nitrogen and oxygen atoms in total. The number of aliphatic hydroxyl groups is 1. The molecular weight excluding hydrogens is 601 g/mol. The maximum atomic E-state index is 13.5. The van der Waals surface area contributed by atoms with Crippen molar-refractivity contribution in [1.82, 2.24) is 15.0 Å². The maximum Gasteiger partial charge on any atom is 0.416 e. The summed E-state index contributed by atoms with van der Waals surface area (Å²) in [5.41, 5.74) is 0.850. The zero-order chi connectivity index (χ0) is 32.4. The van der Waals surface area contributed by atoms with Gasteiger partial charge in [-0.15, -0.1) is 0 Å². The minimum atomic E-state index is -4.42. The number of nitrogens with zero attached hydrogens (tertiary/aromatic N) is 3. The lowest BCUT2D eigenvalue weighted by Gasteiger charge is -2.34. The van der Waals surface area contributed by atoms with Gasteiger partial charge < -0.3 is 19.3 Å². The number of rotatable bonds is 9. The van der Waals surface area contributed by atoms with Crippen LogP contribution in [0.4, 0.5) is 18.9 Å². The first-order chi connectivity index (χ1) is 20.6. The van der Waals surface area contributed by atoms with Gasteiger partial charge in [-0.05, 0) is 63.7 Å². The molecule has 14 heteroatoms. The van der Waals surface area contributed by atoms with Gasteiger partial charge in [0.1, 0.15) is 17.5 Å².